The zero-order valence-corrected chi connectivity index (χ0v) is 12.7. The van der Waals surface area contributed by atoms with E-state index >= 15 is 0 Å². The molecule has 2 rings (SSSR count). The van der Waals surface area contributed by atoms with Crippen LogP contribution >= 0.6 is 11.3 Å². The number of thiophene rings is 1. The van der Waals surface area contributed by atoms with Crippen LogP contribution in [-0.4, -0.2) is 22.6 Å². The summed E-state index contributed by atoms with van der Waals surface area (Å²) in [6.45, 7) is 7.45. The fraction of sp³-hybridized carbons (Fsp3) is 0.533. The molecule has 0 radical (unpaired) electrons. The van der Waals surface area contributed by atoms with Crippen LogP contribution in [0.5, 0.6) is 0 Å². The van der Waals surface area contributed by atoms with Crippen molar-refractivity contribution in [2.75, 3.05) is 13.1 Å². The zero-order chi connectivity index (χ0) is 13.5. The van der Waals surface area contributed by atoms with Crippen molar-refractivity contribution >= 4 is 11.3 Å². The van der Waals surface area contributed by atoms with E-state index in [1.54, 1.807) is 0 Å². The molecular formula is C15H23N3S. The quantitative estimate of drug-likeness (QED) is 0.751. The van der Waals surface area contributed by atoms with Crippen molar-refractivity contribution < 1.29 is 0 Å². The molecule has 0 aliphatic rings. The van der Waals surface area contributed by atoms with E-state index in [-0.39, 0.29) is 0 Å². The maximum absolute atomic E-state index is 4.46. The van der Waals surface area contributed by atoms with Gasteiger partial charge in [-0.1, -0.05) is 13.8 Å². The molecule has 0 spiro atoms. The lowest BCUT2D eigenvalue weighted by Gasteiger charge is -2.00. The van der Waals surface area contributed by atoms with E-state index in [9.17, 15) is 0 Å². The molecule has 2 heterocycles. The Bertz CT molecular complexity index is 487. The Hall–Kier alpha value is -1.13. The Morgan fingerprint density at radius 3 is 2.79 bits per heavy atom. The maximum atomic E-state index is 4.46. The average molecular weight is 277 g/mol. The molecule has 104 valence electrons. The van der Waals surface area contributed by atoms with E-state index in [0.29, 0.717) is 0 Å². The lowest BCUT2D eigenvalue weighted by molar-refractivity contribution is 0.666. The van der Waals surface area contributed by atoms with Crippen molar-refractivity contribution in [1.29, 1.82) is 0 Å². The topological polar surface area (TPSA) is 29.9 Å². The summed E-state index contributed by atoms with van der Waals surface area (Å²) in [5.41, 5.74) is 1.18. The van der Waals surface area contributed by atoms with Crippen LogP contribution in [0.25, 0.3) is 0 Å². The highest BCUT2D eigenvalue weighted by Gasteiger charge is 2.02. The first-order valence-corrected chi connectivity index (χ1v) is 7.92. The first-order valence-electron chi connectivity index (χ1n) is 7.10. The fourth-order valence-electron chi connectivity index (χ4n) is 2.02. The van der Waals surface area contributed by atoms with Crippen LogP contribution in [0.2, 0.25) is 0 Å². The van der Waals surface area contributed by atoms with E-state index in [0.717, 1.165) is 32.5 Å². The second-order valence-corrected chi connectivity index (χ2v) is 6.01. The SMILES string of the molecule is CCCNCCc1cn(Cc2ccc(CC)s2)cn1. The number of nitrogens with zero attached hydrogens (tertiary/aromatic N) is 2. The second kappa shape index (κ2) is 7.46. The molecule has 0 amide bonds. The number of rotatable bonds is 8. The number of aromatic nitrogens is 2. The van der Waals surface area contributed by atoms with Gasteiger partial charge in [0.15, 0.2) is 0 Å². The molecular weight excluding hydrogens is 254 g/mol. The van der Waals surface area contributed by atoms with E-state index in [1.165, 1.54) is 21.9 Å². The average Bonchev–Trinajstić information content (AvgIpc) is 3.05. The summed E-state index contributed by atoms with van der Waals surface area (Å²) in [6.07, 6.45) is 7.44. The Morgan fingerprint density at radius 2 is 2.05 bits per heavy atom. The molecule has 0 aliphatic carbocycles. The highest BCUT2D eigenvalue weighted by atomic mass is 32.1. The summed E-state index contributed by atoms with van der Waals surface area (Å²) in [7, 11) is 0. The van der Waals surface area contributed by atoms with Crippen molar-refractivity contribution in [1.82, 2.24) is 14.9 Å². The van der Waals surface area contributed by atoms with Gasteiger partial charge in [0, 0.05) is 28.9 Å². The molecule has 0 bridgehead atoms. The molecule has 1 N–H and O–H groups in total. The van der Waals surface area contributed by atoms with E-state index < -0.39 is 0 Å². The first-order chi connectivity index (χ1) is 9.31. The van der Waals surface area contributed by atoms with Crippen LogP contribution in [0.3, 0.4) is 0 Å². The number of hydrogen-bond donors (Lipinski definition) is 1. The Morgan fingerprint density at radius 1 is 1.21 bits per heavy atom. The van der Waals surface area contributed by atoms with Gasteiger partial charge in [-0.15, -0.1) is 11.3 Å². The van der Waals surface area contributed by atoms with Gasteiger partial charge in [0.2, 0.25) is 0 Å². The van der Waals surface area contributed by atoms with Crippen LogP contribution < -0.4 is 5.32 Å². The van der Waals surface area contributed by atoms with Gasteiger partial charge in [0.25, 0.3) is 0 Å². The highest BCUT2D eigenvalue weighted by molar-refractivity contribution is 7.11. The van der Waals surface area contributed by atoms with Gasteiger partial charge in [-0.2, -0.15) is 0 Å². The minimum atomic E-state index is 0.944. The summed E-state index contributed by atoms with van der Waals surface area (Å²) in [5, 5.41) is 3.41. The number of imidazole rings is 1. The van der Waals surface area contributed by atoms with Gasteiger partial charge in [-0.05, 0) is 31.5 Å². The number of aryl methyl sites for hydroxylation is 1. The predicted molar refractivity (Wildman–Crippen MR) is 81.9 cm³/mol. The molecule has 0 fully saturated rings. The maximum Gasteiger partial charge on any atom is 0.0952 e. The zero-order valence-electron chi connectivity index (χ0n) is 11.9. The first kappa shape index (κ1) is 14.3. The summed E-state index contributed by atoms with van der Waals surface area (Å²) >= 11 is 1.90. The van der Waals surface area contributed by atoms with Crippen LogP contribution in [0.15, 0.2) is 24.7 Å². The van der Waals surface area contributed by atoms with Crippen LogP contribution in [0.1, 0.15) is 35.7 Å². The second-order valence-electron chi connectivity index (χ2n) is 4.76. The van der Waals surface area contributed by atoms with Crippen LogP contribution in [0, 0.1) is 0 Å². The van der Waals surface area contributed by atoms with Gasteiger partial charge in [-0.25, -0.2) is 4.98 Å². The molecule has 0 aliphatic heterocycles. The van der Waals surface area contributed by atoms with E-state index in [2.05, 4.69) is 47.0 Å². The predicted octanol–water partition coefficient (Wildman–Crippen LogP) is 3.10. The van der Waals surface area contributed by atoms with Gasteiger partial charge in [0.1, 0.15) is 0 Å². The summed E-state index contributed by atoms with van der Waals surface area (Å²) in [4.78, 5) is 7.33. The van der Waals surface area contributed by atoms with Crippen LogP contribution in [-0.2, 0) is 19.4 Å². The largest absolute Gasteiger partial charge is 0.332 e. The number of nitrogens with one attached hydrogen (secondary N) is 1. The van der Waals surface area contributed by atoms with Crippen molar-refractivity contribution in [3.05, 3.63) is 40.1 Å². The van der Waals surface area contributed by atoms with Gasteiger partial charge >= 0.3 is 0 Å². The third-order valence-corrected chi connectivity index (χ3v) is 4.29. The summed E-state index contributed by atoms with van der Waals surface area (Å²) in [6, 6.07) is 4.46. The molecule has 0 saturated heterocycles. The molecule has 0 saturated carbocycles. The number of hydrogen-bond acceptors (Lipinski definition) is 3. The molecule has 19 heavy (non-hydrogen) atoms. The van der Waals surface area contributed by atoms with Gasteiger partial charge < -0.3 is 9.88 Å². The molecule has 2 aromatic rings. The Kier molecular flexibility index (Phi) is 5.61. The van der Waals surface area contributed by atoms with E-state index in [1.807, 2.05) is 17.7 Å². The summed E-state index contributed by atoms with van der Waals surface area (Å²) < 4.78 is 2.18. The monoisotopic (exact) mass is 277 g/mol. The molecule has 0 unspecified atom stereocenters. The lowest BCUT2D eigenvalue weighted by atomic mass is 10.3. The Balaban J connectivity index is 1.83. The Labute approximate surface area is 119 Å². The third kappa shape index (κ3) is 4.48. The fourth-order valence-corrected chi connectivity index (χ4v) is 2.98. The molecule has 3 nitrogen and oxygen atoms in total. The highest BCUT2D eigenvalue weighted by Crippen LogP contribution is 2.18. The van der Waals surface area contributed by atoms with Crippen molar-refractivity contribution in [3.63, 3.8) is 0 Å². The van der Waals surface area contributed by atoms with E-state index in [4.69, 9.17) is 0 Å². The van der Waals surface area contributed by atoms with Gasteiger partial charge in [0.05, 0.1) is 18.6 Å². The third-order valence-electron chi connectivity index (χ3n) is 3.08. The molecule has 4 heteroatoms. The minimum Gasteiger partial charge on any atom is -0.332 e. The molecule has 0 atom stereocenters. The smallest absolute Gasteiger partial charge is 0.0952 e. The lowest BCUT2D eigenvalue weighted by Crippen LogP contribution is -2.17. The van der Waals surface area contributed by atoms with Crippen molar-refractivity contribution in [2.45, 2.75) is 39.7 Å². The van der Waals surface area contributed by atoms with Gasteiger partial charge in [-0.3, -0.25) is 0 Å². The van der Waals surface area contributed by atoms with Crippen molar-refractivity contribution in [3.8, 4) is 0 Å². The molecule has 0 aromatic carbocycles. The minimum absolute atomic E-state index is 0.944. The summed E-state index contributed by atoms with van der Waals surface area (Å²) in [5.74, 6) is 0. The standard InChI is InChI=1S/C15H23N3S/c1-3-8-16-9-7-13-10-18(12-17-13)11-15-6-5-14(4-2)19-15/h5-6,10,12,16H,3-4,7-9,11H2,1-2H3. The molecule has 2 aromatic heterocycles. The van der Waals surface area contributed by atoms with Crippen LogP contribution in [0.4, 0.5) is 0 Å². The van der Waals surface area contributed by atoms with Crippen molar-refractivity contribution in [2.24, 2.45) is 0 Å². The normalized spacial score (nSPS) is 11.1.